The van der Waals surface area contributed by atoms with Crippen LogP contribution in [-0.4, -0.2) is 12.0 Å². The molecular weight excluding hydrogens is 329 g/mol. The van der Waals surface area contributed by atoms with Crippen molar-refractivity contribution in [2.75, 3.05) is 11.5 Å². The van der Waals surface area contributed by atoms with E-state index in [-0.39, 0.29) is 22.0 Å². The fourth-order valence-electron chi connectivity index (χ4n) is 4.60. The van der Waals surface area contributed by atoms with Crippen LogP contribution in [0.3, 0.4) is 0 Å². The molecular formula is C16H14ClF3N2O. The fraction of sp³-hybridized carbons (Fsp3) is 0.438. The Morgan fingerprint density at radius 1 is 1.26 bits per heavy atom. The lowest BCUT2D eigenvalue weighted by molar-refractivity contribution is -0.132. The molecule has 0 aliphatic heterocycles. The number of Topliss-reactive ketones (excluding diaryl/α,β-unsaturated/α-hetero) is 1. The number of rotatable bonds is 0. The molecule has 122 valence electrons. The zero-order valence-electron chi connectivity index (χ0n) is 12.1. The van der Waals surface area contributed by atoms with Gasteiger partial charge < -0.3 is 11.5 Å². The normalized spacial score (nSPS) is 29.0. The van der Waals surface area contributed by atoms with E-state index in [0.717, 1.165) is 0 Å². The van der Waals surface area contributed by atoms with Crippen LogP contribution < -0.4 is 11.5 Å². The van der Waals surface area contributed by atoms with Crippen molar-refractivity contribution >= 4 is 34.3 Å². The summed E-state index contributed by atoms with van der Waals surface area (Å²) in [6, 6.07) is 1.43. The summed E-state index contributed by atoms with van der Waals surface area (Å²) in [6.45, 7) is 0. The average molecular weight is 343 g/mol. The summed E-state index contributed by atoms with van der Waals surface area (Å²) >= 11 is 6.03. The molecule has 7 heteroatoms. The Labute approximate surface area is 135 Å². The molecule has 1 spiro atoms. The third kappa shape index (κ3) is 1.75. The zero-order chi connectivity index (χ0) is 16.7. The van der Waals surface area contributed by atoms with Gasteiger partial charge >= 0.3 is 6.18 Å². The number of carbonyl (C=O) groups is 1. The van der Waals surface area contributed by atoms with Crippen LogP contribution in [0.2, 0.25) is 5.02 Å². The SMILES string of the molecule is Nc1c(Cl)cc2c(c1N)CC13CC[C@H](C1)C(=O)C(C(F)(F)F)=C23. The summed E-state index contributed by atoms with van der Waals surface area (Å²) in [6.07, 6.45) is -2.78. The molecule has 2 bridgehead atoms. The van der Waals surface area contributed by atoms with Gasteiger partial charge in [-0.1, -0.05) is 11.6 Å². The Hall–Kier alpha value is -1.69. The molecule has 3 aliphatic rings. The Morgan fingerprint density at radius 2 is 1.96 bits per heavy atom. The van der Waals surface area contributed by atoms with Gasteiger partial charge in [0.1, 0.15) is 5.57 Å². The van der Waals surface area contributed by atoms with Crippen LogP contribution in [0.4, 0.5) is 24.5 Å². The second kappa shape index (κ2) is 4.23. The third-order valence-electron chi connectivity index (χ3n) is 5.54. The predicted octanol–water partition coefficient (Wildman–Crippen LogP) is 3.75. The maximum absolute atomic E-state index is 13.6. The highest BCUT2D eigenvalue weighted by Crippen LogP contribution is 2.65. The molecule has 1 aromatic rings. The highest BCUT2D eigenvalue weighted by atomic mass is 35.5. The van der Waals surface area contributed by atoms with E-state index in [1.54, 1.807) is 0 Å². The summed E-state index contributed by atoms with van der Waals surface area (Å²) in [5, 5.41) is 0.125. The molecule has 0 amide bonds. The highest BCUT2D eigenvalue weighted by Gasteiger charge is 2.59. The Balaban J connectivity index is 2.09. The van der Waals surface area contributed by atoms with Gasteiger partial charge in [0.2, 0.25) is 0 Å². The number of halogens is 4. The molecule has 1 aromatic carbocycles. The van der Waals surface area contributed by atoms with E-state index in [4.69, 9.17) is 23.1 Å². The van der Waals surface area contributed by atoms with Gasteiger partial charge in [-0.25, -0.2) is 0 Å². The highest BCUT2D eigenvalue weighted by molar-refractivity contribution is 6.34. The van der Waals surface area contributed by atoms with Gasteiger partial charge in [0.25, 0.3) is 0 Å². The number of ketones is 1. The number of fused-ring (bicyclic) bond motifs is 3. The maximum atomic E-state index is 13.6. The largest absolute Gasteiger partial charge is 0.420 e. The second-order valence-corrected chi connectivity index (χ2v) is 7.13. The van der Waals surface area contributed by atoms with Crippen molar-refractivity contribution in [1.29, 1.82) is 0 Å². The van der Waals surface area contributed by atoms with Gasteiger partial charge in [0, 0.05) is 11.3 Å². The molecule has 1 saturated carbocycles. The minimum absolute atomic E-state index is 0.0901. The van der Waals surface area contributed by atoms with Crippen LogP contribution in [0.1, 0.15) is 30.4 Å². The number of hydrogen-bond acceptors (Lipinski definition) is 3. The summed E-state index contributed by atoms with van der Waals surface area (Å²) in [7, 11) is 0. The van der Waals surface area contributed by atoms with Crippen LogP contribution >= 0.6 is 11.6 Å². The standard InChI is InChI=1S/C16H14ClF3N2O/c17-9-3-7-8(12(21)13(9)22)5-15-2-1-6(4-15)14(23)11(10(7)15)16(18,19)20/h3,6H,1-2,4-5,21-22H2/t6-,15?/m1/s1. The van der Waals surface area contributed by atoms with E-state index >= 15 is 0 Å². The van der Waals surface area contributed by atoms with E-state index < -0.39 is 28.9 Å². The van der Waals surface area contributed by atoms with E-state index in [2.05, 4.69) is 0 Å². The molecule has 23 heavy (non-hydrogen) atoms. The number of anilines is 2. The van der Waals surface area contributed by atoms with Gasteiger partial charge in [-0.15, -0.1) is 0 Å². The van der Waals surface area contributed by atoms with Gasteiger partial charge in [-0.05, 0) is 48.4 Å². The molecule has 4 N–H and O–H groups in total. The van der Waals surface area contributed by atoms with Crippen LogP contribution in [0, 0.1) is 11.3 Å². The first-order chi connectivity index (χ1) is 10.7. The summed E-state index contributed by atoms with van der Waals surface area (Å²) in [4.78, 5) is 12.3. The number of alkyl halides is 3. The fourth-order valence-corrected chi connectivity index (χ4v) is 4.81. The molecule has 2 atom stereocenters. The average Bonchev–Trinajstić information content (AvgIpc) is 2.98. The number of carbonyl (C=O) groups excluding carboxylic acids is 1. The number of hydrogen-bond donors (Lipinski definition) is 2. The third-order valence-corrected chi connectivity index (χ3v) is 5.86. The lowest BCUT2D eigenvalue weighted by atomic mass is 9.71. The second-order valence-electron chi connectivity index (χ2n) is 6.72. The molecule has 3 nitrogen and oxygen atoms in total. The minimum Gasteiger partial charge on any atom is -0.397 e. The number of allylic oxidation sites excluding steroid dienone is 2. The van der Waals surface area contributed by atoms with Crippen molar-refractivity contribution in [1.82, 2.24) is 0 Å². The van der Waals surface area contributed by atoms with Crippen molar-refractivity contribution in [3.05, 3.63) is 27.8 Å². The molecule has 4 rings (SSSR count). The van der Waals surface area contributed by atoms with E-state index in [9.17, 15) is 18.0 Å². The quantitative estimate of drug-likeness (QED) is 0.705. The van der Waals surface area contributed by atoms with Crippen molar-refractivity contribution in [3.8, 4) is 0 Å². The lowest BCUT2D eigenvalue weighted by Crippen LogP contribution is -2.34. The Bertz CT molecular complexity index is 799. The monoisotopic (exact) mass is 342 g/mol. The Morgan fingerprint density at radius 3 is 2.61 bits per heavy atom. The summed E-state index contributed by atoms with van der Waals surface area (Å²) in [5.41, 5.74) is 11.6. The molecule has 3 aliphatic carbocycles. The molecule has 0 aromatic heterocycles. The smallest absolute Gasteiger partial charge is 0.397 e. The van der Waals surface area contributed by atoms with Crippen molar-refractivity contribution in [2.45, 2.75) is 31.9 Å². The maximum Gasteiger partial charge on any atom is 0.420 e. The van der Waals surface area contributed by atoms with Crippen LogP contribution in [0.25, 0.3) is 5.57 Å². The van der Waals surface area contributed by atoms with E-state index in [1.165, 1.54) is 6.07 Å². The van der Waals surface area contributed by atoms with Gasteiger partial charge in [-0.2, -0.15) is 13.2 Å². The van der Waals surface area contributed by atoms with Crippen LogP contribution in [-0.2, 0) is 11.2 Å². The number of benzene rings is 1. The first-order valence-corrected chi connectivity index (χ1v) is 7.76. The van der Waals surface area contributed by atoms with Crippen LogP contribution in [0.5, 0.6) is 0 Å². The molecule has 0 heterocycles. The molecule has 0 radical (unpaired) electrons. The number of nitrogens with two attached hydrogens (primary N) is 2. The van der Waals surface area contributed by atoms with Crippen molar-refractivity contribution in [2.24, 2.45) is 11.3 Å². The Kier molecular flexibility index (Phi) is 2.74. The van der Waals surface area contributed by atoms with Gasteiger partial charge in [-0.3, -0.25) is 4.79 Å². The van der Waals surface area contributed by atoms with Crippen molar-refractivity contribution < 1.29 is 18.0 Å². The predicted molar refractivity (Wildman–Crippen MR) is 81.7 cm³/mol. The van der Waals surface area contributed by atoms with Gasteiger partial charge in [0.05, 0.1) is 16.4 Å². The number of nitrogen functional groups attached to an aromatic ring is 2. The molecule has 0 saturated heterocycles. The van der Waals surface area contributed by atoms with Gasteiger partial charge in [0.15, 0.2) is 5.78 Å². The summed E-state index contributed by atoms with van der Waals surface area (Å²) in [5.74, 6) is -1.33. The first-order valence-electron chi connectivity index (χ1n) is 7.38. The zero-order valence-corrected chi connectivity index (χ0v) is 12.8. The van der Waals surface area contributed by atoms with E-state index in [0.29, 0.717) is 36.8 Å². The topological polar surface area (TPSA) is 69.1 Å². The molecule has 1 fully saturated rings. The van der Waals surface area contributed by atoms with E-state index in [1.807, 2.05) is 0 Å². The first kappa shape index (κ1) is 14.9. The summed E-state index contributed by atoms with van der Waals surface area (Å²) < 4.78 is 40.8. The molecule has 1 unspecified atom stereocenters. The van der Waals surface area contributed by atoms with Crippen molar-refractivity contribution in [3.63, 3.8) is 0 Å². The van der Waals surface area contributed by atoms with Crippen LogP contribution in [0.15, 0.2) is 11.6 Å². The lowest BCUT2D eigenvalue weighted by Gasteiger charge is -2.33. The minimum atomic E-state index is -4.68.